The lowest BCUT2D eigenvalue weighted by atomic mass is 10.2. The maximum Gasteiger partial charge on any atom is 0.303 e. The fourth-order valence-corrected chi connectivity index (χ4v) is 1.41. The van der Waals surface area contributed by atoms with Gasteiger partial charge in [0.25, 0.3) is 0 Å². The van der Waals surface area contributed by atoms with Gasteiger partial charge in [0.2, 0.25) is 0 Å². The molecule has 0 fully saturated rings. The topological polar surface area (TPSA) is 49.3 Å². The Labute approximate surface area is 84.5 Å². The van der Waals surface area contributed by atoms with Crippen LogP contribution in [0.4, 0.5) is 0 Å². The van der Waals surface area contributed by atoms with Crippen LogP contribution >= 0.6 is 0 Å². The van der Waals surface area contributed by atoms with E-state index in [9.17, 15) is 4.79 Å². The standard InChI is InChI=1S/C11H17NO2/c13-11(14)8-2-1-5-9-12-10-6-3-4-7-10/h3-4,6-7,10,12H,1-2,5,8-9H2,(H,13,14). The first-order valence-corrected chi connectivity index (χ1v) is 5.09. The zero-order valence-electron chi connectivity index (χ0n) is 8.28. The van der Waals surface area contributed by atoms with Crippen molar-refractivity contribution >= 4 is 5.97 Å². The molecule has 0 spiro atoms. The SMILES string of the molecule is O=C(O)CCCCCNC1C=CC=C1. The Morgan fingerprint density at radius 3 is 2.57 bits per heavy atom. The number of carboxylic acids is 1. The number of hydrogen-bond acceptors (Lipinski definition) is 2. The molecular formula is C11H17NO2. The molecule has 1 rings (SSSR count). The predicted octanol–water partition coefficient (Wildman–Crippen LogP) is 1.72. The van der Waals surface area contributed by atoms with Crippen molar-refractivity contribution in [3.05, 3.63) is 24.3 Å². The molecule has 0 saturated carbocycles. The maximum absolute atomic E-state index is 10.2. The lowest BCUT2D eigenvalue weighted by Crippen LogP contribution is -2.24. The van der Waals surface area contributed by atoms with E-state index in [4.69, 9.17) is 5.11 Å². The van der Waals surface area contributed by atoms with E-state index in [0.29, 0.717) is 12.5 Å². The first-order valence-electron chi connectivity index (χ1n) is 5.09. The van der Waals surface area contributed by atoms with E-state index >= 15 is 0 Å². The van der Waals surface area contributed by atoms with Crippen molar-refractivity contribution in [2.24, 2.45) is 0 Å². The van der Waals surface area contributed by atoms with Gasteiger partial charge in [0, 0.05) is 12.5 Å². The van der Waals surface area contributed by atoms with Gasteiger partial charge in [-0.3, -0.25) is 4.79 Å². The van der Waals surface area contributed by atoms with E-state index in [1.165, 1.54) is 0 Å². The molecule has 0 atom stereocenters. The van der Waals surface area contributed by atoms with Gasteiger partial charge in [-0.1, -0.05) is 30.7 Å². The number of carboxylic acid groups (broad SMARTS) is 1. The molecule has 3 nitrogen and oxygen atoms in total. The van der Waals surface area contributed by atoms with Gasteiger partial charge in [-0.05, 0) is 19.4 Å². The summed E-state index contributed by atoms with van der Waals surface area (Å²) in [5.74, 6) is -0.695. The average molecular weight is 195 g/mol. The predicted molar refractivity (Wildman–Crippen MR) is 56.2 cm³/mol. The first kappa shape index (κ1) is 11.0. The summed E-state index contributed by atoms with van der Waals surface area (Å²) >= 11 is 0. The summed E-state index contributed by atoms with van der Waals surface area (Å²) in [5.41, 5.74) is 0. The van der Waals surface area contributed by atoms with E-state index < -0.39 is 5.97 Å². The van der Waals surface area contributed by atoms with Gasteiger partial charge in [-0.2, -0.15) is 0 Å². The zero-order valence-corrected chi connectivity index (χ0v) is 8.28. The van der Waals surface area contributed by atoms with Crippen LogP contribution in [0.1, 0.15) is 25.7 Å². The molecule has 0 bridgehead atoms. The molecule has 0 saturated heterocycles. The molecule has 0 aromatic carbocycles. The molecule has 0 aromatic heterocycles. The smallest absolute Gasteiger partial charge is 0.303 e. The molecule has 0 radical (unpaired) electrons. The molecule has 0 aromatic rings. The van der Waals surface area contributed by atoms with Gasteiger partial charge < -0.3 is 10.4 Å². The number of nitrogens with one attached hydrogen (secondary N) is 1. The van der Waals surface area contributed by atoms with Gasteiger partial charge in [0.15, 0.2) is 0 Å². The lowest BCUT2D eigenvalue weighted by molar-refractivity contribution is -0.137. The van der Waals surface area contributed by atoms with E-state index in [1.54, 1.807) is 0 Å². The molecule has 2 N–H and O–H groups in total. The molecule has 78 valence electrons. The Hall–Kier alpha value is -1.09. The molecule has 0 aliphatic heterocycles. The largest absolute Gasteiger partial charge is 0.481 e. The molecular weight excluding hydrogens is 178 g/mol. The van der Waals surface area contributed by atoms with E-state index in [1.807, 2.05) is 12.2 Å². The highest BCUT2D eigenvalue weighted by Gasteiger charge is 2.01. The summed E-state index contributed by atoms with van der Waals surface area (Å²) < 4.78 is 0. The number of carbonyl (C=O) groups is 1. The van der Waals surface area contributed by atoms with Crippen LogP contribution in [0.3, 0.4) is 0 Å². The summed E-state index contributed by atoms with van der Waals surface area (Å²) in [4.78, 5) is 10.2. The minimum atomic E-state index is -0.695. The monoisotopic (exact) mass is 195 g/mol. The van der Waals surface area contributed by atoms with Crippen LogP contribution in [0.2, 0.25) is 0 Å². The van der Waals surface area contributed by atoms with Crippen LogP contribution in [0.5, 0.6) is 0 Å². The third-order valence-electron chi connectivity index (χ3n) is 2.20. The Balaban J connectivity index is 1.87. The van der Waals surface area contributed by atoms with Crippen LogP contribution in [-0.2, 0) is 4.79 Å². The second-order valence-corrected chi connectivity index (χ2v) is 3.45. The fourth-order valence-electron chi connectivity index (χ4n) is 1.41. The van der Waals surface area contributed by atoms with Crippen molar-refractivity contribution in [3.63, 3.8) is 0 Å². The minimum absolute atomic E-state index is 0.295. The normalized spacial score (nSPS) is 15.1. The van der Waals surface area contributed by atoms with Crippen molar-refractivity contribution < 1.29 is 9.90 Å². The second-order valence-electron chi connectivity index (χ2n) is 3.45. The number of hydrogen-bond donors (Lipinski definition) is 2. The molecule has 1 aliphatic rings. The highest BCUT2D eigenvalue weighted by Crippen LogP contribution is 2.01. The van der Waals surface area contributed by atoms with E-state index in [2.05, 4.69) is 17.5 Å². The average Bonchev–Trinajstić information content (AvgIpc) is 2.63. The summed E-state index contributed by atoms with van der Waals surface area (Å²) in [5, 5.41) is 11.8. The molecule has 0 amide bonds. The molecule has 0 unspecified atom stereocenters. The lowest BCUT2D eigenvalue weighted by Gasteiger charge is -2.07. The summed E-state index contributed by atoms with van der Waals surface area (Å²) in [6, 6.07) is 0.384. The van der Waals surface area contributed by atoms with Crippen molar-refractivity contribution in [3.8, 4) is 0 Å². The first-order chi connectivity index (χ1) is 6.79. The van der Waals surface area contributed by atoms with Crippen LogP contribution in [-0.4, -0.2) is 23.7 Å². The quantitative estimate of drug-likeness (QED) is 0.608. The number of unbranched alkanes of at least 4 members (excludes halogenated alkanes) is 2. The highest BCUT2D eigenvalue weighted by molar-refractivity contribution is 5.66. The van der Waals surface area contributed by atoms with Crippen molar-refractivity contribution in [1.82, 2.24) is 5.32 Å². The van der Waals surface area contributed by atoms with Crippen LogP contribution in [0.25, 0.3) is 0 Å². The highest BCUT2D eigenvalue weighted by atomic mass is 16.4. The number of allylic oxidation sites excluding steroid dienone is 2. The van der Waals surface area contributed by atoms with Gasteiger partial charge in [0.1, 0.15) is 0 Å². The van der Waals surface area contributed by atoms with Crippen LogP contribution in [0, 0.1) is 0 Å². The van der Waals surface area contributed by atoms with Gasteiger partial charge in [-0.25, -0.2) is 0 Å². The Kier molecular flexibility index (Phi) is 5.00. The second kappa shape index (κ2) is 6.38. The van der Waals surface area contributed by atoms with Gasteiger partial charge >= 0.3 is 5.97 Å². The maximum atomic E-state index is 10.2. The zero-order chi connectivity index (χ0) is 10.2. The molecule has 1 aliphatic carbocycles. The summed E-state index contributed by atoms with van der Waals surface area (Å²) in [6.45, 7) is 0.957. The van der Waals surface area contributed by atoms with Crippen LogP contribution in [0.15, 0.2) is 24.3 Å². The molecule has 14 heavy (non-hydrogen) atoms. The Morgan fingerprint density at radius 2 is 1.93 bits per heavy atom. The van der Waals surface area contributed by atoms with Gasteiger partial charge in [-0.15, -0.1) is 0 Å². The summed E-state index contributed by atoms with van der Waals surface area (Å²) in [6.07, 6.45) is 11.4. The van der Waals surface area contributed by atoms with E-state index in [0.717, 1.165) is 25.8 Å². The Bertz CT molecular complexity index is 221. The van der Waals surface area contributed by atoms with Crippen molar-refractivity contribution in [2.75, 3.05) is 6.54 Å². The third kappa shape index (κ3) is 4.82. The number of rotatable bonds is 7. The number of aliphatic carboxylic acids is 1. The fraction of sp³-hybridized carbons (Fsp3) is 0.545. The van der Waals surface area contributed by atoms with Crippen molar-refractivity contribution in [2.45, 2.75) is 31.7 Å². The third-order valence-corrected chi connectivity index (χ3v) is 2.20. The van der Waals surface area contributed by atoms with E-state index in [-0.39, 0.29) is 0 Å². The van der Waals surface area contributed by atoms with Gasteiger partial charge in [0.05, 0.1) is 0 Å². The van der Waals surface area contributed by atoms with Crippen molar-refractivity contribution in [1.29, 1.82) is 0 Å². The molecule has 0 heterocycles. The molecule has 3 heteroatoms. The Morgan fingerprint density at radius 1 is 1.21 bits per heavy atom. The minimum Gasteiger partial charge on any atom is -0.481 e. The summed E-state index contributed by atoms with van der Waals surface area (Å²) in [7, 11) is 0. The van der Waals surface area contributed by atoms with Crippen LogP contribution < -0.4 is 5.32 Å².